The fourth-order valence-electron chi connectivity index (χ4n) is 2.08. The Morgan fingerprint density at radius 3 is 2.55 bits per heavy atom. The van der Waals surface area contributed by atoms with E-state index in [-0.39, 0.29) is 6.67 Å². The molecule has 2 aromatic carbocycles. The lowest BCUT2D eigenvalue weighted by Gasteiger charge is -2.05. The molecular weight excluding hydrogens is 271 g/mol. The van der Waals surface area contributed by atoms with Gasteiger partial charge in [-0.05, 0) is 47.3 Å². The van der Waals surface area contributed by atoms with Gasteiger partial charge in [-0.1, -0.05) is 18.2 Å². The summed E-state index contributed by atoms with van der Waals surface area (Å²) >= 11 is 1.79. The highest BCUT2D eigenvalue weighted by molar-refractivity contribution is 7.22. The third kappa shape index (κ3) is 2.83. The number of benzene rings is 2. The van der Waals surface area contributed by atoms with Crippen LogP contribution in [-0.2, 0) is 0 Å². The first kappa shape index (κ1) is 13.1. The summed E-state index contributed by atoms with van der Waals surface area (Å²) in [6.07, 6.45) is 0.443. The molecule has 102 valence electrons. The second-order valence-electron chi connectivity index (χ2n) is 4.56. The van der Waals surface area contributed by atoms with Crippen LogP contribution in [0.5, 0.6) is 5.75 Å². The summed E-state index contributed by atoms with van der Waals surface area (Å²) in [7, 11) is 0. The molecule has 0 bridgehead atoms. The molecule has 1 aromatic heterocycles. The van der Waals surface area contributed by atoms with Gasteiger partial charge in [0.25, 0.3) is 0 Å². The molecule has 0 unspecified atom stereocenters. The van der Waals surface area contributed by atoms with Crippen LogP contribution in [0.2, 0.25) is 0 Å². The molecule has 1 heterocycles. The van der Waals surface area contributed by atoms with Crippen LogP contribution in [0.4, 0.5) is 4.39 Å². The van der Waals surface area contributed by atoms with E-state index in [1.54, 1.807) is 11.3 Å². The Balaban J connectivity index is 1.79. The van der Waals surface area contributed by atoms with Gasteiger partial charge in [0.2, 0.25) is 0 Å². The van der Waals surface area contributed by atoms with E-state index < -0.39 is 0 Å². The number of fused-ring (bicyclic) bond motifs is 1. The van der Waals surface area contributed by atoms with Gasteiger partial charge in [-0.3, -0.25) is 4.39 Å². The molecule has 20 heavy (non-hydrogen) atoms. The number of hydrogen-bond acceptors (Lipinski definition) is 2. The molecule has 1 nitrogen and oxygen atoms in total. The lowest BCUT2D eigenvalue weighted by atomic mass is 10.1. The zero-order valence-corrected chi connectivity index (χ0v) is 11.8. The Labute approximate surface area is 121 Å². The van der Waals surface area contributed by atoms with Crippen LogP contribution in [0, 0.1) is 0 Å². The second-order valence-corrected chi connectivity index (χ2v) is 5.65. The van der Waals surface area contributed by atoms with Crippen LogP contribution in [0.15, 0.2) is 54.6 Å². The van der Waals surface area contributed by atoms with Crippen molar-refractivity contribution in [3.8, 4) is 16.2 Å². The fourth-order valence-corrected chi connectivity index (χ4v) is 3.15. The first-order valence-electron chi connectivity index (χ1n) is 6.64. The van der Waals surface area contributed by atoms with Gasteiger partial charge in [0.05, 0.1) is 13.3 Å². The van der Waals surface area contributed by atoms with E-state index >= 15 is 0 Å². The summed E-state index contributed by atoms with van der Waals surface area (Å²) in [5.74, 6) is 0.795. The summed E-state index contributed by atoms with van der Waals surface area (Å²) in [5, 5.41) is 1.27. The maximum atomic E-state index is 12.0. The Kier molecular flexibility index (Phi) is 3.97. The van der Waals surface area contributed by atoms with Gasteiger partial charge in [0.1, 0.15) is 5.75 Å². The molecule has 3 aromatic rings. The van der Waals surface area contributed by atoms with E-state index in [1.165, 1.54) is 20.5 Å². The molecule has 3 rings (SSSR count). The van der Waals surface area contributed by atoms with Crippen molar-refractivity contribution < 1.29 is 9.13 Å². The van der Waals surface area contributed by atoms with Crippen LogP contribution in [0.3, 0.4) is 0 Å². The van der Waals surface area contributed by atoms with E-state index in [0.29, 0.717) is 13.0 Å². The van der Waals surface area contributed by atoms with Crippen molar-refractivity contribution >= 4 is 21.4 Å². The van der Waals surface area contributed by atoms with E-state index in [4.69, 9.17) is 4.74 Å². The van der Waals surface area contributed by atoms with E-state index in [1.807, 2.05) is 12.1 Å². The van der Waals surface area contributed by atoms with E-state index in [2.05, 4.69) is 42.5 Å². The first-order chi connectivity index (χ1) is 9.86. The van der Waals surface area contributed by atoms with Gasteiger partial charge in [-0.15, -0.1) is 11.3 Å². The number of thiophene rings is 1. The predicted octanol–water partition coefficient (Wildman–Crippen LogP) is 5.31. The minimum absolute atomic E-state index is 0.333. The molecule has 3 heteroatoms. The predicted molar refractivity (Wildman–Crippen MR) is 83.3 cm³/mol. The molecule has 0 aliphatic carbocycles. The highest BCUT2D eigenvalue weighted by Gasteiger charge is 2.04. The highest BCUT2D eigenvalue weighted by atomic mass is 32.1. The highest BCUT2D eigenvalue weighted by Crippen LogP contribution is 2.33. The molecule has 0 fully saturated rings. The third-order valence-electron chi connectivity index (χ3n) is 3.11. The lowest BCUT2D eigenvalue weighted by Crippen LogP contribution is -1.97. The third-order valence-corrected chi connectivity index (χ3v) is 4.28. The maximum absolute atomic E-state index is 12.0. The summed E-state index contributed by atoms with van der Waals surface area (Å²) in [5.41, 5.74) is 1.18. The Morgan fingerprint density at radius 2 is 1.80 bits per heavy atom. The summed E-state index contributed by atoms with van der Waals surface area (Å²) in [6.45, 7) is 0.0958. The standard InChI is InChI=1S/C17H15FOS/c18-10-3-11-19-15-8-6-13(7-9-15)17-12-14-4-1-2-5-16(14)20-17/h1-2,4-9,12H,3,10-11H2. The van der Waals surface area contributed by atoms with Gasteiger partial charge in [-0.2, -0.15) is 0 Å². The SMILES string of the molecule is FCCCOc1ccc(-c2cc3ccccc3s2)cc1. The van der Waals surface area contributed by atoms with Crippen molar-refractivity contribution in [2.75, 3.05) is 13.3 Å². The topological polar surface area (TPSA) is 9.23 Å². The van der Waals surface area contributed by atoms with Crippen molar-refractivity contribution in [1.82, 2.24) is 0 Å². The number of halogens is 1. The Bertz CT molecular complexity index is 655. The molecule has 0 spiro atoms. The van der Waals surface area contributed by atoms with Crippen molar-refractivity contribution in [1.29, 1.82) is 0 Å². The number of alkyl halides is 1. The normalized spacial score (nSPS) is 10.8. The molecular formula is C17H15FOS. The van der Waals surface area contributed by atoms with Crippen LogP contribution < -0.4 is 4.74 Å². The van der Waals surface area contributed by atoms with Crippen molar-refractivity contribution in [3.63, 3.8) is 0 Å². The van der Waals surface area contributed by atoms with Gasteiger partial charge < -0.3 is 4.74 Å². The maximum Gasteiger partial charge on any atom is 0.119 e. The summed E-state index contributed by atoms with van der Waals surface area (Å²) < 4.78 is 18.8. The average Bonchev–Trinajstić information content (AvgIpc) is 2.92. The zero-order chi connectivity index (χ0) is 13.8. The van der Waals surface area contributed by atoms with Crippen LogP contribution in [-0.4, -0.2) is 13.3 Å². The smallest absolute Gasteiger partial charge is 0.119 e. The van der Waals surface area contributed by atoms with E-state index in [9.17, 15) is 4.39 Å². The minimum atomic E-state index is -0.333. The van der Waals surface area contributed by atoms with Gasteiger partial charge in [0, 0.05) is 16.0 Å². The Hall–Kier alpha value is -1.87. The molecule has 0 atom stereocenters. The minimum Gasteiger partial charge on any atom is -0.493 e. The number of hydrogen-bond donors (Lipinski definition) is 0. The van der Waals surface area contributed by atoms with Crippen LogP contribution in [0.1, 0.15) is 6.42 Å². The van der Waals surface area contributed by atoms with Crippen LogP contribution >= 0.6 is 11.3 Å². The summed E-state index contributed by atoms with van der Waals surface area (Å²) in [4.78, 5) is 1.25. The molecule has 0 aliphatic heterocycles. The molecule has 0 amide bonds. The average molecular weight is 286 g/mol. The molecule has 0 radical (unpaired) electrons. The zero-order valence-electron chi connectivity index (χ0n) is 11.0. The van der Waals surface area contributed by atoms with Crippen molar-refractivity contribution in [3.05, 3.63) is 54.6 Å². The van der Waals surface area contributed by atoms with Crippen LogP contribution in [0.25, 0.3) is 20.5 Å². The fraction of sp³-hybridized carbons (Fsp3) is 0.176. The largest absolute Gasteiger partial charge is 0.493 e. The molecule has 0 saturated carbocycles. The lowest BCUT2D eigenvalue weighted by molar-refractivity contribution is 0.289. The molecule has 0 saturated heterocycles. The monoisotopic (exact) mass is 286 g/mol. The Morgan fingerprint density at radius 1 is 1.00 bits per heavy atom. The van der Waals surface area contributed by atoms with Gasteiger partial charge in [-0.25, -0.2) is 0 Å². The van der Waals surface area contributed by atoms with Crippen molar-refractivity contribution in [2.45, 2.75) is 6.42 Å². The first-order valence-corrected chi connectivity index (χ1v) is 7.46. The second kappa shape index (κ2) is 6.06. The van der Waals surface area contributed by atoms with E-state index in [0.717, 1.165) is 5.75 Å². The number of rotatable bonds is 5. The molecule has 0 aliphatic rings. The van der Waals surface area contributed by atoms with Gasteiger partial charge in [0.15, 0.2) is 0 Å². The summed E-state index contributed by atoms with van der Waals surface area (Å²) in [6, 6.07) is 18.6. The molecule has 0 N–H and O–H groups in total. The van der Waals surface area contributed by atoms with Crippen molar-refractivity contribution in [2.24, 2.45) is 0 Å². The van der Waals surface area contributed by atoms with Gasteiger partial charge >= 0.3 is 0 Å². The number of ether oxygens (including phenoxy) is 1. The quantitative estimate of drug-likeness (QED) is 0.578.